The number of nitrogens with one attached hydrogen (secondary N) is 1. The van der Waals surface area contributed by atoms with E-state index in [0.717, 1.165) is 38.3 Å². The molecule has 4 heteroatoms. The number of ether oxygens (including phenoxy) is 2. The number of hydrogen-bond donors (Lipinski definition) is 2. The summed E-state index contributed by atoms with van der Waals surface area (Å²) in [6, 6.07) is 6.45. The van der Waals surface area contributed by atoms with Crippen molar-refractivity contribution >= 4 is 0 Å². The molecule has 0 fully saturated rings. The van der Waals surface area contributed by atoms with Crippen molar-refractivity contribution in [1.29, 1.82) is 0 Å². The molecule has 0 saturated carbocycles. The fourth-order valence-electron chi connectivity index (χ4n) is 2.06. The Hall–Kier alpha value is -1.10. The number of aliphatic hydroxyl groups excluding tert-OH is 1. The van der Waals surface area contributed by atoms with Crippen LogP contribution in [0.5, 0.6) is 5.75 Å². The molecule has 1 aromatic rings. The summed E-state index contributed by atoms with van der Waals surface area (Å²) >= 11 is 0. The van der Waals surface area contributed by atoms with Crippen LogP contribution in [0.2, 0.25) is 0 Å². The molecule has 0 amide bonds. The van der Waals surface area contributed by atoms with Crippen molar-refractivity contribution in [3.05, 3.63) is 29.3 Å². The van der Waals surface area contributed by atoms with Crippen molar-refractivity contribution < 1.29 is 14.6 Å². The van der Waals surface area contributed by atoms with Crippen LogP contribution in [-0.2, 0) is 17.6 Å². The van der Waals surface area contributed by atoms with Gasteiger partial charge in [-0.15, -0.1) is 0 Å². The lowest BCUT2D eigenvalue weighted by molar-refractivity contribution is 0.0940. The Morgan fingerprint density at radius 2 is 2.22 bits per heavy atom. The van der Waals surface area contributed by atoms with Crippen molar-refractivity contribution in [1.82, 2.24) is 5.32 Å². The van der Waals surface area contributed by atoms with Crippen molar-refractivity contribution in [3.63, 3.8) is 0 Å². The second kappa shape index (κ2) is 7.36. The molecule has 0 aliphatic carbocycles. The zero-order valence-corrected chi connectivity index (χ0v) is 10.7. The zero-order chi connectivity index (χ0) is 12.6. The lowest BCUT2D eigenvalue weighted by atomic mass is 10.1. The van der Waals surface area contributed by atoms with Gasteiger partial charge < -0.3 is 19.9 Å². The molecule has 0 saturated heterocycles. The van der Waals surface area contributed by atoms with Crippen LogP contribution in [0, 0.1) is 0 Å². The van der Waals surface area contributed by atoms with Gasteiger partial charge in [-0.2, -0.15) is 0 Å². The van der Waals surface area contributed by atoms with Gasteiger partial charge in [-0.3, -0.25) is 0 Å². The van der Waals surface area contributed by atoms with Gasteiger partial charge in [-0.1, -0.05) is 12.1 Å². The summed E-state index contributed by atoms with van der Waals surface area (Å²) in [5.74, 6) is 1.05. The van der Waals surface area contributed by atoms with Crippen LogP contribution in [0.4, 0.5) is 0 Å². The molecule has 1 aromatic carbocycles. The van der Waals surface area contributed by atoms with Crippen molar-refractivity contribution in [2.24, 2.45) is 0 Å². The first-order valence-corrected chi connectivity index (χ1v) is 6.54. The second-order valence-corrected chi connectivity index (χ2v) is 4.38. The second-order valence-electron chi connectivity index (χ2n) is 4.38. The normalized spacial score (nSPS) is 13.4. The lowest BCUT2D eigenvalue weighted by Gasteiger charge is -2.06. The van der Waals surface area contributed by atoms with E-state index in [0.29, 0.717) is 13.2 Å². The maximum atomic E-state index is 8.54. The van der Waals surface area contributed by atoms with Crippen LogP contribution in [-0.4, -0.2) is 44.6 Å². The molecule has 18 heavy (non-hydrogen) atoms. The Kier molecular flexibility index (Phi) is 5.45. The standard InChI is InChI=1S/C14H21NO3/c16-7-10-17-9-6-15-5-3-12-1-2-14-13(11-12)4-8-18-14/h1-2,11,15-16H,3-10H2. The molecule has 100 valence electrons. The molecule has 4 nitrogen and oxygen atoms in total. The first kappa shape index (κ1) is 13.3. The van der Waals surface area contributed by atoms with Gasteiger partial charge in [0.25, 0.3) is 0 Å². The average Bonchev–Trinajstić information content (AvgIpc) is 2.85. The predicted octanol–water partition coefficient (Wildman–Crippen LogP) is 0.762. The lowest BCUT2D eigenvalue weighted by Crippen LogP contribution is -2.22. The highest BCUT2D eigenvalue weighted by atomic mass is 16.5. The Morgan fingerprint density at radius 1 is 1.28 bits per heavy atom. The van der Waals surface area contributed by atoms with Crippen LogP contribution >= 0.6 is 0 Å². The summed E-state index contributed by atoms with van der Waals surface area (Å²) < 4.78 is 10.6. The van der Waals surface area contributed by atoms with Gasteiger partial charge in [0.15, 0.2) is 0 Å². The summed E-state index contributed by atoms with van der Waals surface area (Å²) in [5.41, 5.74) is 2.68. The number of aliphatic hydroxyl groups is 1. The van der Waals surface area contributed by atoms with E-state index in [2.05, 4.69) is 23.5 Å². The molecule has 2 rings (SSSR count). The van der Waals surface area contributed by atoms with E-state index in [1.54, 1.807) is 0 Å². The number of fused-ring (bicyclic) bond motifs is 1. The van der Waals surface area contributed by atoms with E-state index in [1.807, 2.05) is 0 Å². The molecular formula is C14H21NO3. The van der Waals surface area contributed by atoms with Crippen molar-refractivity contribution in [2.75, 3.05) is 39.5 Å². The third-order valence-electron chi connectivity index (χ3n) is 3.00. The highest BCUT2D eigenvalue weighted by molar-refractivity contribution is 5.39. The summed E-state index contributed by atoms with van der Waals surface area (Å²) in [5, 5.41) is 11.9. The number of benzene rings is 1. The minimum absolute atomic E-state index is 0.0944. The van der Waals surface area contributed by atoms with Crippen LogP contribution < -0.4 is 10.1 Å². The quantitative estimate of drug-likeness (QED) is 0.670. The van der Waals surface area contributed by atoms with Crippen LogP contribution in [0.25, 0.3) is 0 Å². The van der Waals surface area contributed by atoms with E-state index < -0.39 is 0 Å². The van der Waals surface area contributed by atoms with E-state index in [-0.39, 0.29) is 6.61 Å². The summed E-state index contributed by atoms with van der Waals surface area (Å²) in [7, 11) is 0. The maximum Gasteiger partial charge on any atom is 0.122 e. The molecule has 1 heterocycles. The van der Waals surface area contributed by atoms with Crippen LogP contribution in [0.1, 0.15) is 11.1 Å². The summed E-state index contributed by atoms with van der Waals surface area (Å²) in [6.45, 7) is 3.76. The zero-order valence-electron chi connectivity index (χ0n) is 10.7. The molecule has 2 N–H and O–H groups in total. The summed E-state index contributed by atoms with van der Waals surface area (Å²) in [6.07, 6.45) is 2.05. The molecule has 0 aromatic heterocycles. The highest BCUT2D eigenvalue weighted by Crippen LogP contribution is 2.25. The van der Waals surface area contributed by atoms with Crippen LogP contribution in [0.15, 0.2) is 18.2 Å². The van der Waals surface area contributed by atoms with E-state index in [9.17, 15) is 0 Å². The Bertz CT molecular complexity index is 368. The van der Waals surface area contributed by atoms with Gasteiger partial charge in [0, 0.05) is 13.0 Å². The minimum Gasteiger partial charge on any atom is -0.493 e. The van der Waals surface area contributed by atoms with Crippen molar-refractivity contribution in [2.45, 2.75) is 12.8 Å². The fourth-order valence-corrected chi connectivity index (χ4v) is 2.06. The first-order chi connectivity index (χ1) is 8.90. The molecule has 0 bridgehead atoms. The first-order valence-electron chi connectivity index (χ1n) is 6.54. The van der Waals surface area contributed by atoms with Gasteiger partial charge in [0.1, 0.15) is 5.75 Å². The monoisotopic (exact) mass is 251 g/mol. The molecule has 0 atom stereocenters. The van der Waals surface area contributed by atoms with E-state index >= 15 is 0 Å². The van der Waals surface area contributed by atoms with Crippen LogP contribution in [0.3, 0.4) is 0 Å². The van der Waals surface area contributed by atoms with Gasteiger partial charge in [0.2, 0.25) is 0 Å². The molecule has 0 spiro atoms. The van der Waals surface area contributed by atoms with Gasteiger partial charge >= 0.3 is 0 Å². The largest absolute Gasteiger partial charge is 0.493 e. The van der Waals surface area contributed by atoms with E-state index in [4.69, 9.17) is 14.6 Å². The minimum atomic E-state index is 0.0944. The fraction of sp³-hybridized carbons (Fsp3) is 0.571. The Labute approximate surface area is 108 Å². The maximum absolute atomic E-state index is 8.54. The average molecular weight is 251 g/mol. The molecule has 1 aliphatic rings. The van der Waals surface area contributed by atoms with E-state index in [1.165, 1.54) is 11.1 Å². The molecule has 0 radical (unpaired) electrons. The highest BCUT2D eigenvalue weighted by Gasteiger charge is 2.11. The van der Waals surface area contributed by atoms with Gasteiger partial charge in [-0.25, -0.2) is 0 Å². The Morgan fingerprint density at radius 3 is 3.11 bits per heavy atom. The third-order valence-corrected chi connectivity index (χ3v) is 3.00. The number of rotatable bonds is 8. The van der Waals surface area contributed by atoms with Gasteiger partial charge in [0.05, 0.1) is 26.4 Å². The molecular weight excluding hydrogens is 230 g/mol. The topological polar surface area (TPSA) is 50.7 Å². The predicted molar refractivity (Wildman–Crippen MR) is 70.1 cm³/mol. The third kappa shape index (κ3) is 3.98. The molecule has 0 unspecified atom stereocenters. The SMILES string of the molecule is OCCOCCNCCc1ccc2c(c1)CCO2. The van der Waals surface area contributed by atoms with Crippen molar-refractivity contribution in [3.8, 4) is 5.75 Å². The number of hydrogen-bond acceptors (Lipinski definition) is 4. The Balaban J connectivity index is 1.62. The molecule has 1 aliphatic heterocycles. The van der Waals surface area contributed by atoms with Gasteiger partial charge in [-0.05, 0) is 30.2 Å². The summed E-state index contributed by atoms with van der Waals surface area (Å²) in [4.78, 5) is 0. The smallest absolute Gasteiger partial charge is 0.122 e.